The number of nitrogens with zero attached hydrogens (tertiary/aromatic N) is 6. The third-order valence-corrected chi connectivity index (χ3v) is 5.34. The first-order valence-corrected chi connectivity index (χ1v) is 9.89. The van der Waals surface area contributed by atoms with Crippen molar-refractivity contribution in [3.05, 3.63) is 59.6 Å². The van der Waals surface area contributed by atoms with Crippen LogP contribution in [0, 0.1) is 0 Å². The number of amides is 1. The molecule has 0 aliphatic carbocycles. The van der Waals surface area contributed by atoms with Gasteiger partial charge in [-0.3, -0.25) is 9.69 Å². The first-order valence-electron chi connectivity index (χ1n) is 9.51. The molecular weight excluding hydrogens is 390 g/mol. The number of nitrogens with one attached hydrogen (secondary N) is 1. The van der Waals surface area contributed by atoms with E-state index in [1.54, 1.807) is 28.9 Å². The van der Waals surface area contributed by atoms with E-state index < -0.39 is 0 Å². The molecule has 29 heavy (non-hydrogen) atoms. The zero-order valence-corrected chi connectivity index (χ0v) is 16.8. The van der Waals surface area contributed by atoms with E-state index in [-0.39, 0.29) is 11.9 Å². The van der Waals surface area contributed by atoms with E-state index in [0.717, 1.165) is 37.6 Å². The van der Waals surface area contributed by atoms with Gasteiger partial charge in [0, 0.05) is 36.9 Å². The summed E-state index contributed by atoms with van der Waals surface area (Å²) in [6.45, 7) is 4.90. The standard InChI is InChI=1S/C20H22ClN7O/c1-15(19(29)22-17-9-7-16(21)8-10-17)26-11-13-27(14-12-26)20-23-24-25-28(20)18-5-3-2-4-6-18/h2-10,15H,11-14H2,1H3,(H,22,29). The minimum Gasteiger partial charge on any atom is -0.337 e. The molecule has 1 fully saturated rings. The van der Waals surface area contributed by atoms with Gasteiger partial charge >= 0.3 is 0 Å². The molecule has 9 heteroatoms. The van der Waals surface area contributed by atoms with Gasteiger partial charge < -0.3 is 10.2 Å². The SMILES string of the molecule is CC(C(=O)Nc1ccc(Cl)cc1)N1CCN(c2nnnn2-c2ccccc2)CC1. The third kappa shape index (κ3) is 4.38. The minimum absolute atomic E-state index is 0.0325. The van der Waals surface area contributed by atoms with Gasteiger partial charge in [-0.25, -0.2) is 0 Å². The van der Waals surface area contributed by atoms with Crippen LogP contribution in [-0.4, -0.2) is 63.2 Å². The normalized spacial score (nSPS) is 15.9. The highest BCUT2D eigenvalue weighted by molar-refractivity contribution is 6.30. The van der Waals surface area contributed by atoms with Crippen molar-refractivity contribution in [3.63, 3.8) is 0 Å². The van der Waals surface area contributed by atoms with E-state index in [1.807, 2.05) is 37.3 Å². The maximum atomic E-state index is 12.6. The first kappa shape index (κ1) is 19.4. The summed E-state index contributed by atoms with van der Waals surface area (Å²) in [4.78, 5) is 16.9. The van der Waals surface area contributed by atoms with Crippen molar-refractivity contribution < 1.29 is 4.79 Å². The van der Waals surface area contributed by atoms with E-state index in [1.165, 1.54) is 0 Å². The average molecular weight is 412 g/mol. The number of anilines is 2. The van der Waals surface area contributed by atoms with E-state index in [9.17, 15) is 4.79 Å². The number of rotatable bonds is 5. The predicted octanol–water partition coefficient (Wildman–Crippen LogP) is 2.46. The average Bonchev–Trinajstić information content (AvgIpc) is 3.25. The highest BCUT2D eigenvalue weighted by atomic mass is 35.5. The summed E-state index contributed by atoms with van der Waals surface area (Å²) in [5, 5.41) is 15.8. The molecule has 4 rings (SSSR count). The smallest absolute Gasteiger partial charge is 0.250 e. The fourth-order valence-electron chi connectivity index (χ4n) is 3.37. The van der Waals surface area contributed by atoms with Gasteiger partial charge in [0.1, 0.15) is 0 Å². The largest absolute Gasteiger partial charge is 0.337 e. The number of aromatic nitrogens is 4. The zero-order valence-electron chi connectivity index (χ0n) is 16.1. The number of carbonyl (C=O) groups is 1. The molecule has 1 saturated heterocycles. The summed E-state index contributed by atoms with van der Waals surface area (Å²) in [6, 6.07) is 16.7. The summed E-state index contributed by atoms with van der Waals surface area (Å²) < 4.78 is 1.74. The molecule has 1 N–H and O–H groups in total. The number of tetrazole rings is 1. The summed E-state index contributed by atoms with van der Waals surface area (Å²) >= 11 is 5.90. The van der Waals surface area contributed by atoms with Gasteiger partial charge in [-0.05, 0) is 53.7 Å². The minimum atomic E-state index is -0.238. The summed E-state index contributed by atoms with van der Waals surface area (Å²) in [7, 11) is 0. The monoisotopic (exact) mass is 411 g/mol. The van der Waals surface area contributed by atoms with Crippen LogP contribution in [0.2, 0.25) is 5.02 Å². The molecule has 0 radical (unpaired) electrons. The number of benzene rings is 2. The van der Waals surface area contributed by atoms with Crippen LogP contribution in [0.1, 0.15) is 6.92 Å². The number of hydrogen-bond acceptors (Lipinski definition) is 6. The molecule has 150 valence electrons. The molecule has 0 spiro atoms. The molecule has 1 aliphatic rings. The Bertz CT molecular complexity index is 952. The van der Waals surface area contributed by atoms with Gasteiger partial charge in [0.15, 0.2) is 0 Å². The maximum absolute atomic E-state index is 12.6. The van der Waals surface area contributed by atoms with Crippen LogP contribution in [0.3, 0.4) is 0 Å². The Morgan fingerprint density at radius 2 is 1.72 bits per heavy atom. The van der Waals surface area contributed by atoms with Crippen LogP contribution in [0.4, 0.5) is 11.6 Å². The zero-order chi connectivity index (χ0) is 20.2. The highest BCUT2D eigenvalue weighted by Crippen LogP contribution is 2.19. The predicted molar refractivity (Wildman–Crippen MR) is 112 cm³/mol. The second-order valence-electron chi connectivity index (χ2n) is 6.92. The van der Waals surface area contributed by atoms with Crippen LogP contribution < -0.4 is 10.2 Å². The van der Waals surface area contributed by atoms with Crippen molar-refractivity contribution in [1.29, 1.82) is 0 Å². The quantitative estimate of drug-likeness (QED) is 0.694. The van der Waals surface area contributed by atoms with E-state index in [2.05, 4.69) is 30.6 Å². The van der Waals surface area contributed by atoms with Gasteiger partial charge in [-0.1, -0.05) is 34.9 Å². The lowest BCUT2D eigenvalue weighted by Crippen LogP contribution is -2.53. The summed E-state index contributed by atoms with van der Waals surface area (Å²) in [5.74, 6) is 0.684. The summed E-state index contributed by atoms with van der Waals surface area (Å²) in [5.41, 5.74) is 1.66. The molecule has 1 aliphatic heterocycles. The van der Waals surface area contributed by atoms with E-state index >= 15 is 0 Å². The Morgan fingerprint density at radius 3 is 2.41 bits per heavy atom. The van der Waals surface area contributed by atoms with Crippen LogP contribution in [0.25, 0.3) is 5.69 Å². The van der Waals surface area contributed by atoms with Crippen molar-refractivity contribution in [2.75, 3.05) is 36.4 Å². The Kier molecular flexibility index (Phi) is 5.73. The Labute approximate surface area is 174 Å². The number of para-hydroxylation sites is 1. The van der Waals surface area contributed by atoms with Crippen molar-refractivity contribution in [2.24, 2.45) is 0 Å². The topological polar surface area (TPSA) is 79.2 Å². The molecule has 3 aromatic rings. The molecular formula is C20H22ClN7O. The number of hydrogen-bond donors (Lipinski definition) is 1. The molecule has 8 nitrogen and oxygen atoms in total. The van der Waals surface area contributed by atoms with Gasteiger partial charge in [0.25, 0.3) is 0 Å². The van der Waals surface area contributed by atoms with Crippen molar-refractivity contribution >= 4 is 29.1 Å². The number of piperazine rings is 1. The summed E-state index contributed by atoms with van der Waals surface area (Å²) in [6.07, 6.45) is 0. The van der Waals surface area contributed by atoms with Crippen LogP contribution in [0.15, 0.2) is 54.6 Å². The van der Waals surface area contributed by atoms with Gasteiger partial charge in [0.05, 0.1) is 11.7 Å². The third-order valence-electron chi connectivity index (χ3n) is 5.09. The van der Waals surface area contributed by atoms with Gasteiger partial charge in [-0.2, -0.15) is 4.68 Å². The molecule has 0 bridgehead atoms. The molecule has 2 aromatic carbocycles. The highest BCUT2D eigenvalue weighted by Gasteiger charge is 2.28. The molecule has 0 saturated carbocycles. The number of carbonyl (C=O) groups excluding carboxylic acids is 1. The molecule has 2 heterocycles. The Balaban J connectivity index is 1.37. The Hall–Kier alpha value is -2.97. The fraction of sp³-hybridized carbons (Fsp3) is 0.300. The fourth-order valence-corrected chi connectivity index (χ4v) is 3.50. The molecule has 1 atom stereocenters. The maximum Gasteiger partial charge on any atom is 0.250 e. The van der Waals surface area contributed by atoms with E-state index in [4.69, 9.17) is 11.6 Å². The van der Waals surface area contributed by atoms with Crippen LogP contribution in [-0.2, 0) is 4.79 Å². The molecule has 1 unspecified atom stereocenters. The lowest BCUT2D eigenvalue weighted by Gasteiger charge is -2.37. The van der Waals surface area contributed by atoms with Gasteiger partial charge in [0.2, 0.25) is 11.9 Å². The molecule has 1 amide bonds. The Morgan fingerprint density at radius 1 is 1.03 bits per heavy atom. The van der Waals surface area contributed by atoms with Crippen LogP contribution >= 0.6 is 11.6 Å². The lowest BCUT2D eigenvalue weighted by atomic mass is 10.2. The van der Waals surface area contributed by atoms with Crippen LogP contribution in [0.5, 0.6) is 0 Å². The van der Waals surface area contributed by atoms with Gasteiger partial charge in [-0.15, -0.1) is 0 Å². The van der Waals surface area contributed by atoms with Crippen molar-refractivity contribution in [1.82, 2.24) is 25.1 Å². The first-order chi connectivity index (χ1) is 14.1. The van der Waals surface area contributed by atoms with E-state index in [0.29, 0.717) is 11.0 Å². The lowest BCUT2D eigenvalue weighted by molar-refractivity contribution is -0.120. The number of halogens is 1. The van der Waals surface area contributed by atoms with Crippen molar-refractivity contribution in [3.8, 4) is 5.69 Å². The second kappa shape index (κ2) is 8.59. The second-order valence-corrected chi connectivity index (χ2v) is 7.36. The van der Waals surface area contributed by atoms with Crippen molar-refractivity contribution in [2.45, 2.75) is 13.0 Å². The molecule has 1 aromatic heterocycles.